The van der Waals surface area contributed by atoms with Gasteiger partial charge in [-0.1, -0.05) is 13.2 Å². The molecule has 0 radical (unpaired) electrons. The van der Waals surface area contributed by atoms with Gasteiger partial charge in [0.25, 0.3) is 0 Å². The molecule has 0 aromatic heterocycles. The Labute approximate surface area is 62.3 Å². The van der Waals surface area contributed by atoms with E-state index in [0.29, 0.717) is 4.48 Å². The van der Waals surface area contributed by atoms with E-state index in [1.165, 1.54) is 6.21 Å². The van der Waals surface area contributed by atoms with Crippen molar-refractivity contribution in [3.8, 4) is 6.07 Å². The molecule has 0 aliphatic carbocycles. The van der Waals surface area contributed by atoms with E-state index in [4.69, 9.17) is 5.26 Å². The van der Waals surface area contributed by atoms with Crippen LogP contribution in [0.5, 0.6) is 0 Å². The van der Waals surface area contributed by atoms with Crippen molar-refractivity contribution in [1.82, 2.24) is 0 Å². The Hall–Kier alpha value is -0.880. The number of allylic oxidation sites excluding steroid dienone is 2. The molecule has 46 valence electrons. The van der Waals surface area contributed by atoms with Crippen LogP contribution in [0.25, 0.3) is 0 Å². The monoisotopic (exact) mass is 184 g/mol. The molecule has 0 bridgehead atoms. The minimum atomic E-state index is 0.176. The van der Waals surface area contributed by atoms with E-state index in [9.17, 15) is 0 Å². The zero-order chi connectivity index (χ0) is 7.28. The molecule has 0 atom stereocenters. The summed E-state index contributed by atoms with van der Waals surface area (Å²) in [5, 5.41) is 8.14. The van der Waals surface area contributed by atoms with Gasteiger partial charge in [0.05, 0.1) is 0 Å². The van der Waals surface area contributed by atoms with Gasteiger partial charge < -0.3 is 0 Å². The molecule has 0 saturated heterocycles. The van der Waals surface area contributed by atoms with Gasteiger partial charge in [0.1, 0.15) is 11.8 Å². The van der Waals surface area contributed by atoms with Crippen LogP contribution in [-0.4, -0.2) is 6.21 Å². The molecular formula is C6H5BrN2. The average Bonchev–Trinajstić information content (AvgIpc) is 1.83. The maximum atomic E-state index is 8.14. The molecule has 0 heterocycles. The zero-order valence-electron chi connectivity index (χ0n) is 4.76. The molecule has 0 spiro atoms. The molecule has 0 rings (SSSR count). The summed E-state index contributed by atoms with van der Waals surface area (Å²) in [5.41, 5.74) is 0.176. The Balaban J connectivity index is 3.90. The highest BCUT2D eigenvalue weighted by atomic mass is 79.9. The van der Waals surface area contributed by atoms with E-state index >= 15 is 0 Å². The third-order valence-corrected chi connectivity index (χ3v) is 0.694. The quantitative estimate of drug-likeness (QED) is 0.478. The van der Waals surface area contributed by atoms with Crippen LogP contribution in [0.2, 0.25) is 0 Å². The first-order chi connectivity index (χ1) is 4.16. The molecule has 0 aromatic carbocycles. The fraction of sp³-hybridized carbons (Fsp3) is 0. The minimum Gasteiger partial charge on any atom is -0.245 e. The van der Waals surface area contributed by atoms with E-state index in [1.807, 2.05) is 0 Å². The zero-order valence-corrected chi connectivity index (χ0v) is 6.35. The first-order valence-corrected chi connectivity index (χ1v) is 2.93. The van der Waals surface area contributed by atoms with Gasteiger partial charge in [-0.25, -0.2) is 4.99 Å². The number of hydrogen-bond acceptors (Lipinski definition) is 2. The second kappa shape index (κ2) is 4.04. The lowest BCUT2D eigenvalue weighted by Crippen LogP contribution is -1.71. The number of aliphatic imine (C=N–C) groups is 1. The molecule has 0 fully saturated rings. The third-order valence-electron chi connectivity index (χ3n) is 0.490. The van der Waals surface area contributed by atoms with Crippen LogP contribution < -0.4 is 0 Å². The van der Waals surface area contributed by atoms with Gasteiger partial charge in [0.2, 0.25) is 0 Å². The van der Waals surface area contributed by atoms with Crippen molar-refractivity contribution in [2.24, 2.45) is 4.99 Å². The minimum absolute atomic E-state index is 0.176. The summed E-state index contributed by atoms with van der Waals surface area (Å²) in [4.78, 5) is 3.62. The Morgan fingerprint density at radius 2 is 2.22 bits per heavy atom. The smallest absolute Gasteiger partial charge is 0.133 e. The SMILES string of the molecule is C=C(Br)/C=N/C(=C)C#N. The van der Waals surface area contributed by atoms with E-state index < -0.39 is 0 Å². The highest BCUT2D eigenvalue weighted by Gasteiger charge is 1.80. The highest BCUT2D eigenvalue weighted by molar-refractivity contribution is 9.12. The molecule has 0 aliphatic heterocycles. The van der Waals surface area contributed by atoms with Gasteiger partial charge in [-0.2, -0.15) is 5.26 Å². The predicted octanol–water partition coefficient (Wildman–Crippen LogP) is 2.00. The first-order valence-electron chi connectivity index (χ1n) is 2.14. The standard InChI is InChI=1S/C6H5BrN2/c1-5(7)4-9-6(2)3-8/h4H,1-2H2/b9-4+. The lowest BCUT2D eigenvalue weighted by Gasteiger charge is -1.80. The third kappa shape index (κ3) is 4.98. The van der Waals surface area contributed by atoms with Crippen LogP contribution >= 0.6 is 15.9 Å². The van der Waals surface area contributed by atoms with Crippen molar-refractivity contribution < 1.29 is 0 Å². The summed E-state index contributed by atoms with van der Waals surface area (Å²) < 4.78 is 0.624. The van der Waals surface area contributed by atoms with Gasteiger partial charge in [0.15, 0.2) is 0 Å². The second-order valence-corrected chi connectivity index (χ2v) is 2.28. The molecule has 0 aliphatic rings. The fourth-order valence-corrected chi connectivity index (χ4v) is 0.279. The Bertz CT molecular complexity index is 198. The summed E-state index contributed by atoms with van der Waals surface area (Å²) in [6, 6.07) is 1.77. The molecule has 0 amide bonds. The molecule has 0 aromatic rings. The average molecular weight is 185 g/mol. The Kier molecular flexibility index (Phi) is 3.65. The number of rotatable bonds is 2. The predicted molar refractivity (Wildman–Crippen MR) is 41.3 cm³/mol. The summed E-state index contributed by atoms with van der Waals surface area (Å²) in [5.74, 6) is 0. The molecule has 9 heavy (non-hydrogen) atoms. The Morgan fingerprint density at radius 3 is 2.56 bits per heavy atom. The normalized spacial score (nSPS) is 8.89. The van der Waals surface area contributed by atoms with E-state index in [1.54, 1.807) is 6.07 Å². The lowest BCUT2D eigenvalue weighted by molar-refractivity contribution is 1.41. The summed E-state index contributed by atoms with van der Waals surface area (Å²) in [6.07, 6.45) is 1.42. The highest BCUT2D eigenvalue weighted by Crippen LogP contribution is 1.97. The van der Waals surface area contributed by atoms with Crippen LogP contribution in [0.4, 0.5) is 0 Å². The molecule has 0 N–H and O–H groups in total. The number of hydrogen-bond donors (Lipinski definition) is 0. The van der Waals surface area contributed by atoms with E-state index in [-0.39, 0.29) is 5.70 Å². The van der Waals surface area contributed by atoms with Crippen LogP contribution in [0, 0.1) is 11.3 Å². The van der Waals surface area contributed by atoms with Crippen molar-refractivity contribution >= 4 is 22.1 Å². The topological polar surface area (TPSA) is 36.1 Å². The van der Waals surface area contributed by atoms with Gasteiger partial charge in [0, 0.05) is 10.7 Å². The van der Waals surface area contributed by atoms with E-state index in [2.05, 4.69) is 34.1 Å². The molecule has 0 saturated carbocycles. The number of nitriles is 1. The fourth-order valence-electron chi connectivity index (χ4n) is 0.177. The van der Waals surface area contributed by atoms with Crippen LogP contribution in [0.1, 0.15) is 0 Å². The molecule has 0 unspecified atom stereocenters. The van der Waals surface area contributed by atoms with Gasteiger partial charge in [-0.15, -0.1) is 0 Å². The van der Waals surface area contributed by atoms with Crippen molar-refractivity contribution in [3.05, 3.63) is 23.3 Å². The maximum absolute atomic E-state index is 8.14. The van der Waals surface area contributed by atoms with E-state index in [0.717, 1.165) is 0 Å². The molecular weight excluding hydrogens is 180 g/mol. The van der Waals surface area contributed by atoms with Gasteiger partial charge >= 0.3 is 0 Å². The van der Waals surface area contributed by atoms with Gasteiger partial charge in [-0.05, 0) is 15.9 Å². The van der Waals surface area contributed by atoms with Crippen LogP contribution in [0.15, 0.2) is 28.3 Å². The largest absolute Gasteiger partial charge is 0.245 e. The van der Waals surface area contributed by atoms with Crippen molar-refractivity contribution in [2.75, 3.05) is 0 Å². The summed E-state index contributed by atoms with van der Waals surface area (Å²) >= 11 is 3.04. The van der Waals surface area contributed by atoms with Crippen LogP contribution in [0.3, 0.4) is 0 Å². The number of nitrogens with zero attached hydrogens (tertiary/aromatic N) is 2. The number of halogens is 1. The lowest BCUT2D eigenvalue weighted by atomic mass is 10.5. The maximum Gasteiger partial charge on any atom is 0.133 e. The van der Waals surface area contributed by atoms with Crippen LogP contribution in [-0.2, 0) is 0 Å². The summed E-state index contributed by atoms with van der Waals surface area (Å²) in [6.45, 7) is 6.80. The second-order valence-electron chi connectivity index (χ2n) is 1.26. The first kappa shape index (κ1) is 8.12. The van der Waals surface area contributed by atoms with Gasteiger partial charge in [-0.3, -0.25) is 0 Å². The molecule has 2 nitrogen and oxygen atoms in total. The Morgan fingerprint density at radius 1 is 1.67 bits per heavy atom. The summed E-state index contributed by atoms with van der Waals surface area (Å²) in [7, 11) is 0. The van der Waals surface area contributed by atoms with Crippen molar-refractivity contribution in [3.63, 3.8) is 0 Å². The van der Waals surface area contributed by atoms with Crippen molar-refractivity contribution in [1.29, 1.82) is 5.26 Å². The van der Waals surface area contributed by atoms with Crippen molar-refractivity contribution in [2.45, 2.75) is 0 Å². The molecule has 3 heteroatoms.